The number of nitrogens with zero attached hydrogens (tertiary/aromatic N) is 7. The summed E-state index contributed by atoms with van der Waals surface area (Å²) in [5.41, 5.74) is -1.39. The maximum Gasteiger partial charge on any atom is 0.333 e. The molecule has 7 aliphatic rings. The Morgan fingerprint density at radius 1 is 0.638 bits per heavy atom. The minimum Gasteiger partial charge on any atom is -0.508 e. The number of hydrogen-bond donors (Lipinski definition) is 19. The van der Waals surface area contributed by atoms with Gasteiger partial charge in [-0.15, -0.1) is 0 Å². The topological polar surface area (TPSA) is 527 Å². The van der Waals surface area contributed by atoms with E-state index in [9.17, 15) is 86.5 Å². The number of carboxylic acid groups (broad SMARTS) is 1. The summed E-state index contributed by atoms with van der Waals surface area (Å²) in [5, 5.41) is 209. The van der Waals surface area contributed by atoms with Crippen LogP contribution in [0.1, 0.15) is 122 Å². The summed E-state index contributed by atoms with van der Waals surface area (Å²) in [4.78, 5) is 39.6. The Balaban J connectivity index is 1.02. The lowest BCUT2D eigenvalue weighted by Gasteiger charge is -2.49. The number of rotatable bonds is 22. The third-order valence-corrected chi connectivity index (χ3v) is 23.7. The van der Waals surface area contributed by atoms with Gasteiger partial charge in [0.05, 0.1) is 58.9 Å². The Hall–Kier alpha value is -11.2. The summed E-state index contributed by atoms with van der Waals surface area (Å²) >= 11 is 27.0. The van der Waals surface area contributed by atoms with Gasteiger partial charge in [0.25, 0.3) is 0 Å². The van der Waals surface area contributed by atoms with Gasteiger partial charge < -0.3 is 130 Å². The van der Waals surface area contributed by atoms with E-state index in [0.29, 0.717) is 22.3 Å². The molecule has 8 aromatic rings. The van der Waals surface area contributed by atoms with Crippen LogP contribution in [0.2, 0.25) is 20.1 Å². The first-order chi connectivity index (χ1) is 60.2. The van der Waals surface area contributed by atoms with Crippen LogP contribution in [0, 0.1) is 11.3 Å². The van der Waals surface area contributed by atoms with Gasteiger partial charge in [-0.1, -0.05) is 133 Å². The molecule has 19 N–H and O–H groups in total. The average Bonchev–Trinajstić information content (AvgIpc) is 0.763. The van der Waals surface area contributed by atoms with Crippen molar-refractivity contribution in [2.24, 2.45) is 35.9 Å². The maximum absolute atomic E-state index is 13.5. The zero-order chi connectivity index (χ0) is 91.5. The zero-order valence-electron chi connectivity index (χ0n) is 69.3. The first-order valence-electron chi connectivity index (χ1n) is 40.3. The summed E-state index contributed by atoms with van der Waals surface area (Å²) in [6, 6.07) is 22.0. The summed E-state index contributed by atoms with van der Waals surface area (Å²) < 4.78 is 47.4. The SMILES string of the molecule is CN[C@H](CC(C)C)C(O)=N[C@H]1C(O)=N[C@@H](CC(=N)O)C(O)=N[C@H]2C(O)=N[C@H]3C(O)=N[C@H](C(O)=N[C@H](C(=O)O)c4cc(O)cc(O)c4-c4cc3ccc4O)[C@H](O)c3ccc(c(Cl)c3)Oc3cc2cc(c3O[C@@H]2O[C@H](C[N+](C)(C)Cc3ccccc3)[C@@H](O)[C@H](O)[C@H]2OC2C[C@](C)(NCc3ccc(COc4ccc(Cl)c(Cl)c4)cc3)[C@H](O)[C@H](C)O2)Oc2ccc(cc2Cl)[C@H]1O. The van der Waals surface area contributed by atoms with E-state index in [0.717, 1.165) is 65.2 Å². The number of aliphatic hydroxyl groups excluding tert-OH is 12. The van der Waals surface area contributed by atoms with Crippen molar-refractivity contribution in [3.05, 3.63) is 216 Å². The van der Waals surface area contributed by atoms with Crippen molar-refractivity contribution >= 4 is 93.7 Å². The zero-order valence-corrected chi connectivity index (χ0v) is 72.4. The molecule has 1 unspecified atom stereocenters. The van der Waals surface area contributed by atoms with Crippen LogP contribution < -0.4 is 29.6 Å². The van der Waals surface area contributed by atoms with E-state index in [4.69, 9.17) is 85.0 Å². The molecule has 0 aromatic heterocycles. The fraction of sp³-hybridized carbons (Fsp3) is 0.371. The van der Waals surface area contributed by atoms with Gasteiger partial charge in [0.15, 0.2) is 65.9 Å². The third kappa shape index (κ3) is 21.5. The van der Waals surface area contributed by atoms with Gasteiger partial charge in [0.2, 0.25) is 41.5 Å². The summed E-state index contributed by atoms with van der Waals surface area (Å²) in [7, 11) is 5.25. The highest BCUT2D eigenvalue weighted by atomic mass is 35.5. The second kappa shape index (κ2) is 39.2. The predicted molar refractivity (Wildman–Crippen MR) is 472 cm³/mol. The van der Waals surface area contributed by atoms with Crippen LogP contribution in [-0.4, -0.2) is 240 Å². The molecule has 7 aliphatic heterocycles. The van der Waals surface area contributed by atoms with E-state index in [-0.39, 0.29) is 76.2 Å². The first kappa shape index (κ1) is 93.5. The highest BCUT2D eigenvalue weighted by Crippen LogP contribution is 2.51. The van der Waals surface area contributed by atoms with Gasteiger partial charge in [-0.3, -0.25) is 5.41 Å². The van der Waals surface area contributed by atoms with Crippen molar-refractivity contribution in [3.8, 4) is 62.9 Å². The molecule has 7 heterocycles. The first-order valence-corrected chi connectivity index (χ1v) is 41.8. The number of aliphatic hydroxyl groups is 12. The average molecular weight is 1830 g/mol. The van der Waals surface area contributed by atoms with Crippen molar-refractivity contribution in [1.29, 1.82) is 5.41 Å². The van der Waals surface area contributed by atoms with E-state index in [1.54, 1.807) is 32.0 Å². The Bertz CT molecular complexity index is 5590. The van der Waals surface area contributed by atoms with Gasteiger partial charge in [-0.2, -0.15) is 0 Å². The van der Waals surface area contributed by atoms with Crippen molar-refractivity contribution in [3.63, 3.8) is 0 Å². The lowest BCUT2D eigenvalue weighted by Crippen LogP contribution is -2.66. The molecule has 0 amide bonds. The Morgan fingerprint density at radius 2 is 1.27 bits per heavy atom. The number of aromatic hydroxyl groups is 3. The monoisotopic (exact) mass is 1830 g/mol. The number of aliphatic imine (C=N–C) groups is 6. The second-order valence-corrected chi connectivity index (χ2v) is 34.5. The molecule has 0 spiro atoms. The molecule has 2 fully saturated rings. The summed E-state index contributed by atoms with van der Waals surface area (Å²) in [6.45, 7) is 7.76. The number of phenols is 3. The van der Waals surface area contributed by atoms with E-state index < -0.39 is 225 Å². The van der Waals surface area contributed by atoms with Crippen LogP contribution in [0.3, 0.4) is 0 Å². The Kier molecular flexibility index (Phi) is 28.9. The van der Waals surface area contributed by atoms with Crippen LogP contribution in [0.4, 0.5) is 0 Å². The fourth-order valence-corrected chi connectivity index (χ4v) is 16.5. The predicted octanol–water partition coefficient (Wildman–Crippen LogP) is 13.2. The van der Waals surface area contributed by atoms with Gasteiger partial charge in [-0.25, -0.2) is 34.7 Å². The van der Waals surface area contributed by atoms with Gasteiger partial charge >= 0.3 is 5.97 Å². The van der Waals surface area contributed by atoms with E-state index >= 15 is 0 Å². The maximum atomic E-state index is 13.5. The summed E-state index contributed by atoms with van der Waals surface area (Å²) in [5.74, 6) is -14.2. The molecule has 34 nitrogen and oxygen atoms in total. The smallest absolute Gasteiger partial charge is 0.333 e. The van der Waals surface area contributed by atoms with Crippen molar-refractivity contribution < 1.29 is 124 Å². The lowest BCUT2D eigenvalue weighted by atomic mass is 9.84. The molecule has 0 radical (unpaired) electrons. The number of phenolic OH excluding ortho intramolecular Hbond substituents is 3. The number of carboxylic acids is 1. The lowest BCUT2D eigenvalue weighted by molar-refractivity contribution is -0.907. The Morgan fingerprint density at radius 3 is 1.90 bits per heavy atom. The Labute approximate surface area is 748 Å². The van der Waals surface area contributed by atoms with Crippen LogP contribution >= 0.6 is 46.4 Å². The number of likely N-dealkylation sites (N-methyl/N-ethyl adjacent to an activating group) is 2. The molecular weight excluding hydrogens is 1730 g/mol. The number of ether oxygens (including phenoxy) is 7. The number of halogens is 4. The highest BCUT2D eigenvalue weighted by molar-refractivity contribution is 6.42. The van der Waals surface area contributed by atoms with Crippen LogP contribution in [0.5, 0.6) is 51.7 Å². The molecule has 11 bridgehead atoms. The molecule has 38 heteroatoms. The van der Waals surface area contributed by atoms with Gasteiger partial charge in [0.1, 0.15) is 90.8 Å². The fourth-order valence-electron chi connectivity index (χ4n) is 15.7. The van der Waals surface area contributed by atoms with Gasteiger partial charge in [-0.05, 0) is 133 Å². The number of quaternary nitrogens is 1. The molecule has 0 saturated carbocycles. The number of aliphatic carboxylic acids is 1. The molecule has 2 saturated heterocycles. The van der Waals surface area contributed by atoms with Crippen molar-refractivity contribution in [2.45, 2.75) is 176 Å². The van der Waals surface area contributed by atoms with Crippen LogP contribution in [0.15, 0.2) is 182 Å². The third-order valence-electron chi connectivity index (χ3n) is 22.3. The number of fused-ring (bicyclic) bond motifs is 12. The molecule has 127 heavy (non-hydrogen) atoms. The summed E-state index contributed by atoms with van der Waals surface area (Å²) in [6.07, 6.45) is -17.8. The number of nitrogens with one attached hydrogen (secondary N) is 3. The molecule has 15 rings (SSSR count). The molecular formula is C89H97Cl4N10O24+. The van der Waals surface area contributed by atoms with Gasteiger partial charge in [0, 0.05) is 52.9 Å². The van der Waals surface area contributed by atoms with E-state index in [2.05, 4.69) is 40.6 Å². The van der Waals surface area contributed by atoms with E-state index in [1.165, 1.54) is 37.4 Å². The quantitative estimate of drug-likeness (QED) is 0.0170. The van der Waals surface area contributed by atoms with Crippen molar-refractivity contribution in [1.82, 2.24) is 10.6 Å². The molecule has 8 aromatic carbocycles. The minimum absolute atomic E-state index is 0.0544. The number of carbonyl (C=O) groups is 1. The molecule has 18 atom stereocenters. The molecule has 674 valence electrons. The number of benzene rings is 8. The largest absolute Gasteiger partial charge is 0.508 e. The van der Waals surface area contributed by atoms with Crippen LogP contribution in [0.25, 0.3) is 11.1 Å². The van der Waals surface area contributed by atoms with Crippen molar-refractivity contribution in [2.75, 3.05) is 27.7 Å². The number of hydrogen-bond acceptors (Lipinski definition) is 25. The minimum atomic E-state index is -2.35. The standard InChI is InChI=1S/C89H96Cl4N10O24/c1-40(2)25-57(95-5)81(113)101-72-74(108)46-18-23-61(55(92)27-46)123-63-29-48-30-64(78(63)127-88-79(77(111)76(110)65(125-88)38-103(6,7)37-43-11-9-8-10-12-43)126-67-35-89(4,80(112)41(3)122-67)96-36-42-13-15-44(16-14-42)39-121-50-20-21-53(90)54(91)33-50)124-62-24-19-47(28-56(62)93)75(109)73-86(118)100-71(87(119)120)52-31-49(104)32-60(106)68(52)51-26-45(17-22-59(51)105)69(83(115)102-73)99-84(116)70(48)98-82(114)58(34-66(94)107)97-85(72)117/h8-24,26-33,40-41,57-58,65,67,69-77,79-80,88,95-96,108-112H,25,34-39H2,1-7H3,(H11-,94,97,98,99,100,101,102,104,105,106,107,113,114,115,116,117,118,119,120)/p+1/t41-,57+,58-,65+,67?,69+,70+,71-,72+,73-,74+,75+,76+,77-,79+,80+,88-,89-/m0/s1. The normalized spacial score (nSPS) is 26.1. The second-order valence-electron chi connectivity index (χ2n) is 32.9. The van der Waals surface area contributed by atoms with Crippen LogP contribution in [-0.2, 0) is 38.7 Å². The molecule has 0 aliphatic carbocycles. The highest BCUT2D eigenvalue weighted by Gasteiger charge is 2.53. The van der Waals surface area contributed by atoms with E-state index in [1.807, 2.05) is 82.5 Å².